The minimum absolute atomic E-state index is 0.0347. The van der Waals surface area contributed by atoms with Crippen LogP contribution < -0.4 is 26.4 Å². The van der Waals surface area contributed by atoms with Crippen LogP contribution >= 0.6 is 0 Å². The van der Waals surface area contributed by atoms with Crippen molar-refractivity contribution in [3.8, 4) is 5.75 Å². The molecule has 3 aromatic rings. The Morgan fingerprint density at radius 1 is 0.978 bits per heavy atom. The summed E-state index contributed by atoms with van der Waals surface area (Å²) in [5.74, 6) is -3.65. The number of rotatable bonds is 12. The summed E-state index contributed by atoms with van der Waals surface area (Å²) in [5, 5.41) is 15.6. The molecule has 11 nitrogen and oxygen atoms in total. The van der Waals surface area contributed by atoms with Crippen LogP contribution in [-0.2, 0) is 37.3 Å². The lowest BCUT2D eigenvalue weighted by molar-refractivity contribution is -0.192. The van der Waals surface area contributed by atoms with Crippen LogP contribution in [0.5, 0.6) is 5.75 Å². The third kappa shape index (κ3) is 11.0. The molecule has 0 saturated heterocycles. The Morgan fingerprint density at radius 3 is 2.17 bits per heavy atom. The van der Waals surface area contributed by atoms with Crippen LogP contribution in [0.25, 0.3) is 0 Å². The van der Waals surface area contributed by atoms with Crippen molar-refractivity contribution in [1.82, 2.24) is 5.32 Å². The lowest BCUT2D eigenvalue weighted by Gasteiger charge is -2.22. The van der Waals surface area contributed by atoms with E-state index < -0.39 is 39.7 Å². The van der Waals surface area contributed by atoms with Crippen LogP contribution in [0.3, 0.4) is 0 Å². The van der Waals surface area contributed by atoms with Crippen LogP contribution in [0.2, 0.25) is 0 Å². The topological polar surface area (TPSA) is 177 Å². The van der Waals surface area contributed by atoms with Gasteiger partial charge in [0.1, 0.15) is 17.6 Å². The van der Waals surface area contributed by atoms with Crippen molar-refractivity contribution in [3.63, 3.8) is 0 Å². The Bertz CT molecular complexity index is 1650. The van der Waals surface area contributed by atoms with E-state index in [0.717, 1.165) is 0 Å². The number of carbonyl (C=O) groups is 3. The largest absolute Gasteiger partial charge is 0.494 e. The highest BCUT2D eigenvalue weighted by Crippen LogP contribution is 2.26. The lowest BCUT2D eigenvalue weighted by Crippen LogP contribution is -2.33. The number of carbonyl (C=O) groups excluding carboxylic acids is 2. The van der Waals surface area contributed by atoms with Gasteiger partial charge in [-0.25, -0.2) is 17.6 Å². The van der Waals surface area contributed by atoms with Crippen LogP contribution in [0.4, 0.5) is 28.9 Å². The molecule has 16 heteroatoms. The highest BCUT2D eigenvalue weighted by molar-refractivity contribution is 7.91. The first-order valence-electron chi connectivity index (χ1n) is 13.7. The van der Waals surface area contributed by atoms with E-state index >= 15 is 0 Å². The molecule has 1 atom stereocenters. The van der Waals surface area contributed by atoms with Crippen molar-refractivity contribution in [2.24, 2.45) is 5.73 Å². The zero-order valence-electron chi connectivity index (χ0n) is 25.1. The molecule has 1 unspecified atom stereocenters. The predicted octanol–water partition coefficient (Wildman–Crippen LogP) is 4.54. The normalized spacial score (nSPS) is 11.8. The average Bonchev–Trinajstić information content (AvgIpc) is 2.98. The van der Waals surface area contributed by atoms with Gasteiger partial charge in [-0.3, -0.25) is 9.59 Å². The van der Waals surface area contributed by atoms with Gasteiger partial charge >= 0.3 is 12.1 Å². The molecule has 250 valence electrons. The molecule has 0 aliphatic carbocycles. The maximum Gasteiger partial charge on any atom is 0.490 e. The highest BCUT2D eigenvalue weighted by Gasteiger charge is 2.38. The van der Waals surface area contributed by atoms with E-state index in [9.17, 15) is 35.6 Å². The molecule has 3 aromatic carbocycles. The minimum atomic E-state index is -5.08. The number of aliphatic carboxylic acids is 1. The summed E-state index contributed by atoms with van der Waals surface area (Å²) in [6.45, 7) is 5.04. The molecule has 3 rings (SSSR count). The van der Waals surface area contributed by atoms with Crippen molar-refractivity contribution in [1.29, 1.82) is 0 Å². The Morgan fingerprint density at radius 2 is 1.63 bits per heavy atom. The standard InChI is InChI=1S/C28H33FN4O5S.C2HF3O2/c1-4-38-24-8-6-7-19(14-24)27(33-23-10-9-20(16-30)25(29)15-23)28(35)31-17-21-13-22(32-18(3)34)11-12-26(21)39(36,37)5-2;3-2(4,5)1(6)7/h6-15,27,33H,4-5,16-17,30H2,1-3H3,(H,31,35)(H,32,34);(H,6,7). The predicted molar refractivity (Wildman–Crippen MR) is 162 cm³/mol. The fraction of sp³-hybridized carbons (Fsp3) is 0.300. The molecule has 0 fully saturated rings. The first-order chi connectivity index (χ1) is 21.5. The number of anilines is 2. The molecule has 2 amide bonds. The van der Waals surface area contributed by atoms with Crippen molar-refractivity contribution >= 4 is 39.0 Å². The van der Waals surface area contributed by atoms with Gasteiger partial charge in [-0.1, -0.05) is 25.1 Å². The van der Waals surface area contributed by atoms with Gasteiger partial charge in [0.15, 0.2) is 9.84 Å². The summed E-state index contributed by atoms with van der Waals surface area (Å²) in [5.41, 5.74) is 7.53. The number of nitrogens with two attached hydrogens (primary N) is 1. The first kappa shape index (κ1) is 37.5. The summed E-state index contributed by atoms with van der Waals surface area (Å²) in [6.07, 6.45) is -5.08. The summed E-state index contributed by atoms with van der Waals surface area (Å²) in [4.78, 5) is 34.0. The van der Waals surface area contributed by atoms with E-state index in [1.54, 1.807) is 36.4 Å². The summed E-state index contributed by atoms with van der Waals surface area (Å²) < 4.78 is 77.2. The number of carboxylic acid groups (broad SMARTS) is 1. The minimum Gasteiger partial charge on any atom is -0.494 e. The molecule has 0 heterocycles. The average molecular weight is 671 g/mol. The molecule has 0 aliphatic heterocycles. The monoisotopic (exact) mass is 670 g/mol. The Balaban J connectivity index is 0.000000942. The molecular weight excluding hydrogens is 636 g/mol. The smallest absolute Gasteiger partial charge is 0.490 e. The molecule has 0 saturated carbocycles. The maximum atomic E-state index is 14.4. The molecule has 0 spiro atoms. The number of sulfone groups is 1. The van der Waals surface area contributed by atoms with Gasteiger partial charge in [0.05, 0.1) is 17.3 Å². The molecule has 0 aliphatic rings. The second kappa shape index (κ2) is 16.6. The highest BCUT2D eigenvalue weighted by atomic mass is 32.2. The molecule has 6 N–H and O–H groups in total. The Kier molecular flexibility index (Phi) is 13.5. The Hall–Kier alpha value is -4.70. The van der Waals surface area contributed by atoms with E-state index in [0.29, 0.717) is 40.4 Å². The number of ether oxygens (including phenoxy) is 1. The second-order valence-electron chi connectivity index (χ2n) is 9.52. The molecule has 46 heavy (non-hydrogen) atoms. The van der Waals surface area contributed by atoms with Crippen LogP contribution in [0.15, 0.2) is 65.6 Å². The van der Waals surface area contributed by atoms with Gasteiger partial charge in [-0.15, -0.1) is 0 Å². The Labute approximate surface area is 263 Å². The molecule has 0 aromatic heterocycles. The molecular formula is C30H34F4N4O7S. The van der Waals surface area contributed by atoms with Crippen LogP contribution in [0, 0.1) is 5.82 Å². The van der Waals surface area contributed by atoms with E-state index in [-0.39, 0.29) is 29.6 Å². The number of benzene rings is 3. The lowest BCUT2D eigenvalue weighted by atomic mass is 10.0. The van der Waals surface area contributed by atoms with Crippen molar-refractivity contribution < 1.29 is 50.2 Å². The van der Waals surface area contributed by atoms with Gasteiger partial charge in [-0.2, -0.15) is 13.2 Å². The molecule has 0 bridgehead atoms. The van der Waals surface area contributed by atoms with Crippen molar-refractivity contribution in [2.45, 2.75) is 51.0 Å². The number of nitrogens with one attached hydrogen (secondary N) is 3. The first-order valence-corrected chi connectivity index (χ1v) is 15.4. The summed E-state index contributed by atoms with van der Waals surface area (Å²) >= 11 is 0. The van der Waals surface area contributed by atoms with Gasteiger partial charge in [-0.05, 0) is 60.5 Å². The zero-order chi connectivity index (χ0) is 34.7. The summed E-state index contributed by atoms with van der Waals surface area (Å²) in [7, 11) is -3.61. The van der Waals surface area contributed by atoms with Gasteiger partial charge in [0.2, 0.25) is 11.8 Å². The quantitative estimate of drug-likeness (QED) is 0.173. The number of halogens is 4. The number of hydrogen-bond acceptors (Lipinski definition) is 8. The van der Waals surface area contributed by atoms with Gasteiger partial charge < -0.3 is 31.5 Å². The van der Waals surface area contributed by atoms with Crippen molar-refractivity contribution in [3.05, 3.63) is 83.2 Å². The van der Waals surface area contributed by atoms with E-state index in [1.165, 1.54) is 38.1 Å². The fourth-order valence-corrected chi connectivity index (χ4v) is 5.08. The SMILES string of the molecule is CCOc1cccc(C(Nc2ccc(CN)c(F)c2)C(=O)NCc2cc(NC(C)=O)ccc2S(=O)(=O)CC)c1.O=C(O)C(F)(F)F. The van der Waals surface area contributed by atoms with E-state index in [4.69, 9.17) is 20.4 Å². The number of carboxylic acids is 1. The molecule has 0 radical (unpaired) electrons. The third-order valence-electron chi connectivity index (χ3n) is 6.14. The number of hydrogen-bond donors (Lipinski definition) is 5. The van der Waals surface area contributed by atoms with E-state index in [2.05, 4.69) is 16.0 Å². The van der Waals surface area contributed by atoms with Crippen LogP contribution in [0.1, 0.15) is 43.5 Å². The number of amides is 2. The van der Waals surface area contributed by atoms with Crippen LogP contribution in [-0.4, -0.2) is 49.8 Å². The second-order valence-corrected chi connectivity index (χ2v) is 11.8. The summed E-state index contributed by atoms with van der Waals surface area (Å²) in [6, 6.07) is 14.8. The number of alkyl halides is 3. The van der Waals surface area contributed by atoms with Gasteiger partial charge in [0.25, 0.3) is 0 Å². The van der Waals surface area contributed by atoms with E-state index in [1.807, 2.05) is 6.92 Å². The fourth-order valence-electron chi connectivity index (χ4n) is 3.96. The zero-order valence-corrected chi connectivity index (χ0v) is 25.9. The third-order valence-corrected chi connectivity index (χ3v) is 7.97. The van der Waals surface area contributed by atoms with Gasteiger partial charge in [0, 0.05) is 37.0 Å². The maximum absolute atomic E-state index is 14.4. The van der Waals surface area contributed by atoms with Crippen molar-refractivity contribution in [2.75, 3.05) is 23.0 Å².